The molecule has 94 valence electrons. The first-order chi connectivity index (χ1) is 8.59. The molecule has 2 rings (SSSR count). The van der Waals surface area contributed by atoms with Gasteiger partial charge in [0, 0.05) is 7.05 Å². The summed E-state index contributed by atoms with van der Waals surface area (Å²) in [4.78, 5) is 14.6. The first-order valence-corrected chi connectivity index (χ1v) is 6.57. The van der Waals surface area contributed by atoms with Crippen molar-refractivity contribution in [3.05, 3.63) is 52.2 Å². The molecule has 1 aromatic heterocycles. The molecule has 1 amide bonds. The van der Waals surface area contributed by atoms with Crippen LogP contribution in [0, 0.1) is 0 Å². The summed E-state index contributed by atoms with van der Waals surface area (Å²) in [5.41, 5.74) is 1.00. The van der Waals surface area contributed by atoms with Crippen LogP contribution >= 0.6 is 11.3 Å². The molecular formula is C14H15NO2S. The molecule has 1 unspecified atom stereocenters. The smallest absolute Gasteiger partial charge is 0.264 e. The Labute approximate surface area is 110 Å². The van der Waals surface area contributed by atoms with Crippen molar-refractivity contribution in [1.29, 1.82) is 0 Å². The zero-order valence-corrected chi connectivity index (χ0v) is 11.1. The highest BCUT2D eigenvalue weighted by molar-refractivity contribution is 7.12. The number of phenols is 1. The van der Waals surface area contributed by atoms with E-state index in [1.165, 1.54) is 11.3 Å². The van der Waals surface area contributed by atoms with Gasteiger partial charge in [0.1, 0.15) is 5.75 Å². The molecule has 0 fully saturated rings. The largest absolute Gasteiger partial charge is 0.508 e. The Morgan fingerprint density at radius 3 is 2.50 bits per heavy atom. The number of carbonyl (C=O) groups is 1. The van der Waals surface area contributed by atoms with Gasteiger partial charge >= 0.3 is 0 Å². The lowest BCUT2D eigenvalue weighted by Crippen LogP contribution is -2.28. The van der Waals surface area contributed by atoms with Crippen LogP contribution in [0.25, 0.3) is 0 Å². The van der Waals surface area contributed by atoms with E-state index in [-0.39, 0.29) is 17.7 Å². The van der Waals surface area contributed by atoms with Crippen LogP contribution in [0.2, 0.25) is 0 Å². The maximum absolute atomic E-state index is 12.2. The number of carbonyl (C=O) groups excluding carboxylic acids is 1. The molecule has 0 spiro atoms. The van der Waals surface area contributed by atoms with Gasteiger partial charge in [-0.2, -0.15) is 0 Å². The second kappa shape index (κ2) is 5.23. The predicted molar refractivity (Wildman–Crippen MR) is 72.9 cm³/mol. The highest BCUT2D eigenvalue weighted by atomic mass is 32.1. The molecule has 2 aromatic rings. The lowest BCUT2D eigenvalue weighted by molar-refractivity contribution is 0.0747. The predicted octanol–water partition coefficient (Wildman–Crippen LogP) is 3.29. The zero-order valence-electron chi connectivity index (χ0n) is 10.3. The molecular weight excluding hydrogens is 246 g/mol. The Balaban J connectivity index is 2.16. The molecule has 3 nitrogen and oxygen atoms in total. The van der Waals surface area contributed by atoms with E-state index in [1.54, 1.807) is 24.1 Å². The molecule has 1 aromatic carbocycles. The number of nitrogens with zero attached hydrogens (tertiary/aromatic N) is 1. The Morgan fingerprint density at radius 2 is 1.94 bits per heavy atom. The third kappa shape index (κ3) is 2.54. The van der Waals surface area contributed by atoms with Crippen LogP contribution in [-0.2, 0) is 0 Å². The number of hydrogen-bond acceptors (Lipinski definition) is 3. The minimum atomic E-state index is -0.0276. The summed E-state index contributed by atoms with van der Waals surface area (Å²) >= 11 is 1.44. The molecule has 0 saturated heterocycles. The Hall–Kier alpha value is -1.81. The van der Waals surface area contributed by atoms with Crippen LogP contribution in [0.4, 0.5) is 0 Å². The van der Waals surface area contributed by atoms with E-state index >= 15 is 0 Å². The summed E-state index contributed by atoms with van der Waals surface area (Å²) in [6, 6.07) is 10.6. The van der Waals surface area contributed by atoms with Gasteiger partial charge in [-0.1, -0.05) is 18.2 Å². The zero-order chi connectivity index (χ0) is 13.1. The third-order valence-corrected chi connectivity index (χ3v) is 3.87. The van der Waals surface area contributed by atoms with Crippen molar-refractivity contribution in [1.82, 2.24) is 4.90 Å². The fraction of sp³-hybridized carbons (Fsp3) is 0.214. The van der Waals surface area contributed by atoms with Crippen molar-refractivity contribution in [2.24, 2.45) is 0 Å². The molecule has 0 saturated carbocycles. The van der Waals surface area contributed by atoms with Crippen LogP contribution in [0.3, 0.4) is 0 Å². The first-order valence-electron chi connectivity index (χ1n) is 5.69. The SMILES string of the molecule is CC(c1ccc(O)cc1)N(C)C(=O)c1cccs1. The topological polar surface area (TPSA) is 40.5 Å². The van der Waals surface area contributed by atoms with Gasteiger partial charge in [-0.05, 0) is 36.1 Å². The number of amides is 1. The number of rotatable bonds is 3. The molecule has 1 heterocycles. The molecule has 1 atom stereocenters. The molecule has 0 radical (unpaired) electrons. The lowest BCUT2D eigenvalue weighted by Gasteiger charge is -2.24. The summed E-state index contributed by atoms with van der Waals surface area (Å²) < 4.78 is 0. The van der Waals surface area contributed by atoms with Crippen molar-refractivity contribution in [2.45, 2.75) is 13.0 Å². The Bertz CT molecular complexity index is 519. The summed E-state index contributed by atoms with van der Waals surface area (Å²) in [5.74, 6) is 0.253. The fourth-order valence-electron chi connectivity index (χ4n) is 1.73. The fourth-order valence-corrected chi connectivity index (χ4v) is 2.43. The van der Waals surface area contributed by atoms with E-state index in [0.29, 0.717) is 0 Å². The first kappa shape index (κ1) is 12.6. The van der Waals surface area contributed by atoms with Crippen LogP contribution in [0.1, 0.15) is 28.2 Å². The monoisotopic (exact) mass is 261 g/mol. The van der Waals surface area contributed by atoms with Crippen molar-refractivity contribution >= 4 is 17.2 Å². The maximum Gasteiger partial charge on any atom is 0.264 e. The van der Waals surface area contributed by atoms with Crippen LogP contribution in [-0.4, -0.2) is 23.0 Å². The second-order valence-electron chi connectivity index (χ2n) is 4.16. The minimum Gasteiger partial charge on any atom is -0.508 e. The van der Waals surface area contributed by atoms with E-state index in [1.807, 2.05) is 36.6 Å². The normalized spacial score (nSPS) is 12.1. The van der Waals surface area contributed by atoms with Gasteiger partial charge in [-0.15, -0.1) is 11.3 Å². The highest BCUT2D eigenvalue weighted by Crippen LogP contribution is 2.23. The van der Waals surface area contributed by atoms with Gasteiger partial charge in [0.2, 0.25) is 0 Å². The summed E-state index contributed by atoms with van der Waals surface area (Å²) in [6.07, 6.45) is 0. The van der Waals surface area contributed by atoms with Crippen LogP contribution < -0.4 is 0 Å². The number of hydrogen-bond donors (Lipinski definition) is 1. The van der Waals surface area contributed by atoms with Crippen LogP contribution in [0.5, 0.6) is 5.75 Å². The molecule has 0 aliphatic carbocycles. The van der Waals surface area contributed by atoms with Gasteiger partial charge in [-0.3, -0.25) is 4.79 Å². The molecule has 4 heteroatoms. The Morgan fingerprint density at radius 1 is 1.28 bits per heavy atom. The van der Waals surface area contributed by atoms with Crippen molar-refractivity contribution < 1.29 is 9.90 Å². The highest BCUT2D eigenvalue weighted by Gasteiger charge is 2.19. The van der Waals surface area contributed by atoms with Crippen LogP contribution in [0.15, 0.2) is 41.8 Å². The van der Waals surface area contributed by atoms with E-state index < -0.39 is 0 Å². The van der Waals surface area contributed by atoms with Crippen molar-refractivity contribution in [3.63, 3.8) is 0 Å². The number of thiophene rings is 1. The quantitative estimate of drug-likeness (QED) is 0.921. The minimum absolute atomic E-state index is 0.0191. The number of benzene rings is 1. The van der Waals surface area contributed by atoms with Gasteiger partial charge in [0.15, 0.2) is 0 Å². The number of aromatic hydroxyl groups is 1. The molecule has 0 aliphatic heterocycles. The molecule has 18 heavy (non-hydrogen) atoms. The molecule has 1 N–H and O–H groups in total. The molecule has 0 bridgehead atoms. The third-order valence-electron chi connectivity index (χ3n) is 3.01. The average molecular weight is 261 g/mol. The van der Waals surface area contributed by atoms with E-state index in [2.05, 4.69) is 0 Å². The standard InChI is InChI=1S/C14H15NO2S/c1-10(11-5-7-12(16)8-6-11)15(2)14(17)13-4-3-9-18-13/h3-10,16H,1-2H3. The maximum atomic E-state index is 12.2. The van der Waals surface area contributed by atoms with Gasteiger partial charge in [-0.25, -0.2) is 0 Å². The van der Waals surface area contributed by atoms with Crippen molar-refractivity contribution in [2.75, 3.05) is 7.05 Å². The summed E-state index contributed by atoms with van der Waals surface area (Å²) in [7, 11) is 1.79. The Kier molecular flexibility index (Phi) is 3.67. The molecule has 0 aliphatic rings. The van der Waals surface area contributed by atoms with E-state index in [4.69, 9.17) is 0 Å². The van der Waals surface area contributed by atoms with Gasteiger partial charge < -0.3 is 10.0 Å². The van der Waals surface area contributed by atoms with Crippen molar-refractivity contribution in [3.8, 4) is 5.75 Å². The summed E-state index contributed by atoms with van der Waals surface area (Å²) in [6.45, 7) is 1.97. The summed E-state index contributed by atoms with van der Waals surface area (Å²) in [5, 5.41) is 11.2. The van der Waals surface area contributed by atoms with E-state index in [9.17, 15) is 9.90 Å². The number of phenolic OH excluding ortho intramolecular Hbond substituents is 1. The second-order valence-corrected chi connectivity index (χ2v) is 5.11. The van der Waals surface area contributed by atoms with E-state index in [0.717, 1.165) is 10.4 Å². The lowest BCUT2D eigenvalue weighted by atomic mass is 10.1. The average Bonchev–Trinajstić information content (AvgIpc) is 2.91. The van der Waals surface area contributed by atoms with Gasteiger partial charge in [0.05, 0.1) is 10.9 Å². The van der Waals surface area contributed by atoms with Gasteiger partial charge in [0.25, 0.3) is 5.91 Å².